The molecule has 0 aliphatic carbocycles. The molecule has 0 saturated carbocycles. The van der Waals surface area contributed by atoms with Crippen LogP contribution in [0, 0.1) is 5.82 Å². The van der Waals surface area contributed by atoms with Gasteiger partial charge in [0, 0.05) is 20.9 Å². The van der Waals surface area contributed by atoms with Gasteiger partial charge in [0.25, 0.3) is 0 Å². The summed E-state index contributed by atoms with van der Waals surface area (Å²) < 4.78 is 18.4. The first-order valence-electron chi connectivity index (χ1n) is 7.40. The van der Waals surface area contributed by atoms with E-state index in [9.17, 15) is 9.18 Å². The van der Waals surface area contributed by atoms with E-state index in [-0.39, 0.29) is 11.8 Å². The second-order valence-electron chi connectivity index (χ2n) is 5.43. The molecule has 4 rings (SSSR count). The Bertz CT molecular complexity index is 912. The van der Waals surface area contributed by atoms with Crippen LogP contribution in [-0.2, 0) is 11.3 Å². The zero-order valence-corrected chi connectivity index (χ0v) is 14.5. The predicted octanol–water partition coefficient (Wildman–Crippen LogP) is 5.61. The van der Waals surface area contributed by atoms with E-state index in [1.807, 2.05) is 6.26 Å². The largest absolute Gasteiger partial charge is 0.457 e. The number of thiophene rings is 1. The number of thioether (sulfide) groups is 1. The first-order valence-corrected chi connectivity index (χ1v) is 9.44. The Kier molecular flexibility index (Phi) is 3.90. The van der Waals surface area contributed by atoms with Gasteiger partial charge in [-0.15, -0.1) is 23.1 Å². The molecule has 2 aromatic carbocycles. The minimum absolute atomic E-state index is 0.270. The van der Waals surface area contributed by atoms with E-state index in [4.69, 9.17) is 4.74 Å². The molecule has 2 nitrogen and oxygen atoms in total. The van der Waals surface area contributed by atoms with E-state index in [1.54, 1.807) is 23.9 Å². The van der Waals surface area contributed by atoms with Gasteiger partial charge in [-0.25, -0.2) is 9.18 Å². The molecule has 0 spiro atoms. The van der Waals surface area contributed by atoms with Crippen LogP contribution in [0.3, 0.4) is 0 Å². The summed E-state index contributed by atoms with van der Waals surface area (Å²) in [6.07, 6.45) is 2.04. The fourth-order valence-electron chi connectivity index (χ4n) is 2.84. The number of ether oxygens (including phenoxy) is 1. The van der Waals surface area contributed by atoms with Gasteiger partial charge in [-0.3, -0.25) is 0 Å². The molecule has 24 heavy (non-hydrogen) atoms. The molecule has 3 aromatic rings. The molecule has 1 aliphatic rings. The van der Waals surface area contributed by atoms with Gasteiger partial charge in [0.1, 0.15) is 17.3 Å². The topological polar surface area (TPSA) is 26.3 Å². The minimum atomic E-state index is -0.273. The summed E-state index contributed by atoms with van der Waals surface area (Å²) in [5, 5.41) is 0. The monoisotopic (exact) mass is 356 g/mol. The van der Waals surface area contributed by atoms with Crippen molar-refractivity contribution in [1.82, 2.24) is 0 Å². The maximum Gasteiger partial charge on any atom is 0.349 e. The normalized spacial score (nSPS) is 13.0. The molecule has 0 bridgehead atoms. The highest BCUT2D eigenvalue weighted by Gasteiger charge is 2.30. The van der Waals surface area contributed by atoms with Gasteiger partial charge < -0.3 is 4.74 Å². The summed E-state index contributed by atoms with van der Waals surface area (Å²) in [6, 6.07) is 14.6. The van der Waals surface area contributed by atoms with Crippen LogP contribution in [0.1, 0.15) is 15.2 Å². The molecule has 0 atom stereocenters. The molecular formula is C19H13FO2S2. The van der Waals surface area contributed by atoms with Gasteiger partial charge in [0.15, 0.2) is 0 Å². The lowest BCUT2D eigenvalue weighted by Gasteiger charge is -2.08. The van der Waals surface area contributed by atoms with Crippen molar-refractivity contribution in [2.24, 2.45) is 0 Å². The number of carbonyl (C=O) groups excluding carboxylic acids is 1. The lowest BCUT2D eigenvalue weighted by molar-refractivity contribution is 0.0538. The highest BCUT2D eigenvalue weighted by Crippen LogP contribution is 2.46. The van der Waals surface area contributed by atoms with Crippen molar-refractivity contribution in [3.63, 3.8) is 0 Å². The molecule has 0 fully saturated rings. The number of cyclic esters (lactones) is 1. The Labute approximate surface area is 147 Å². The minimum Gasteiger partial charge on any atom is -0.457 e. The lowest BCUT2D eigenvalue weighted by Crippen LogP contribution is -1.90. The zero-order chi connectivity index (χ0) is 16.7. The number of rotatable bonds is 3. The fraction of sp³-hybridized carbons (Fsp3) is 0.105. The third-order valence-corrected chi connectivity index (χ3v) is 6.03. The van der Waals surface area contributed by atoms with Crippen LogP contribution in [0.25, 0.3) is 21.6 Å². The van der Waals surface area contributed by atoms with Gasteiger partial charge >= 0.3 is 5.97 Å². The fourth-order valence-corrected chi connectivity index (χ4v) is 4.47. The Morgan fingerprint density at radius 2 is 1.67 bits per heavy atom. The predicted molar refractivity (Wildman–Crippen MR) is 96.0 cm³/mol. The Hall–Kier alpha value is -2.11. The van der Waals surface area contributed by atoms with Crippen LogP contribution in [0.15, 0.2) is 53.4 Å². The van der Waals surface area contributed by atoms with E-state index in [1.165, 1.54) is 28.4 Å². The lowest BCUT2D eigenvalue weighted by atomic mass is 9.98. The number of fused-ring (bicyclic) bond motifs is 1. The third kappa shape index (κ3) is 2.54. The quantitative estimate of drug-likeness (QED) is 0.450. The summed E-state index contributed by atoms with van der Waals surface area (Å²) in [4.78, 5) is 14.8. The Morgan fingerprint density at radius 3 is 2.33 bits per heavy atom. The zero-order valence-electron chi connectivity index (χ0n) is 12.8. The summed E-state index contributed by atoms with van der Waals surface area (Å²) in [5.74, 6) is -0.543. The van der Waals surface area contributed by atoms with Gasteiger partial charge in [-0.1, -0.05) is 24.3 Å². The molecule has 2 heterocycles. The summed E-state index contributed by atoms with van der Waals surface area (Å²) in [6.45, 7) is 0.297. The van der Waals surface area contributed by atoms with E-state index in [0.29, 0.717) is 11.5 Å². The van der Waals surface area contributed by atoms with E-state index in [0.717, 1.165) is 27.1 Å². The average molecular weight is 356 g/mol. The number of hydrogen-bond donors (Lipinski definition) is 0. The molecule has 0 saturated heterocycles. The summed E-state index contributed by atoms with van der Waals surface area (Å²) in [5.41, 5.74) is 3.90. The number of benzene rings is 2. The molecule has 0 unspecified atom stereocenters. The van der Waals surface area contributed by atoms with Gasteiger partial charge in [0.2, 0.25) is 0 Å². The maximum atomic E-state index is 13.3. The molecule has 120 valence electrons. The second kappa shape index (κ2) is 6.07. The van der Waals surface area contributed by atoms with Crippen molar-refractivity contribution in [3.05, 3.63) is 64.8 Å². The molecule has 5 heteroatoms. The van der Waals surface area contributed by atoms with Crippen molar-refractivity contribution >= 4 is 29.1 Å². The summed E-state index contributed by atoms with van der Waals surface area (Å²) in [7, 11) is 0. The molecule has 0 radical (unpaired) electrons. The highest BCUT2D eigenvalue weighted by molar-refractivity contribution is 7.98. The molecule has 0 amide bonds. The van der Waals surface area contributed by atoms with Crippen molar-refractivity contribution in [2.45, 2.75) is 11.5 Å². The molecular weight excluding hydrogens is 343 g/mol. The van der Waals surface area contributed by atoms with Gasteiger partial charge in [-0.2, -0.15) is 0 Å². The van der Waals surface area contributed by atoms with E-state index < -0.39 is 0 Å². The SMILES string of the molecule is CSc1ccc(-c2c(-c3ccc(F)cc3)sc3c2COC3=O)cc1. The van der Waals surface area contributed by atoms with Crippen LogP contribution in [-0.4, -0.2) is 12.2 Å². The second-order valence-corrected chi connectivity index (χ2v) is 7.33. The van der Waals surface area contributed by atoms with Crippen LogP contribution < -0.4 is 0 Å². The molecule has 1 aromatic heterocycles. The third-order valence-electron chi connectivity index (χ3n) is 4.03. The smallest absolute Gasteiger partial charge is 0.349 e. The first-order chi connectivity index (χ1) is 11.7. The standard InChI is InChI=1S/C19H13FO2S2/c1-23-14-8-4-11(5-9-14)16-15-10-22-19(21)18(15)24-17(16)12-2-6-13(20)7-3-12/h2-9H,10H2,1H3. The number of carbonyl (C=O) groups is 1. The Balaban J connectivity index is 1.91. The summed E-state index contributed by atoms with van der Waals surface area (Å²) >= 11 is 3.10. The number of halogens is 1. The van der Waals surface area contributed by atoms with Crippen molar-refractivity contribution in [1.29, 1.82) is 0 Å². The van der Waals surface area contributed by atoms with Crippen molar-refractivity contribution in [3.8, 4) is 21.6 Å². The molecule has 1 aliphatic heterocycles. The van der Waals surface area contributed by atoms with Crippen LogP contribution >= 0.6 is 23.1 Å². The van der Waals surface area contributed by atoms with Gasteiger partial charge in [-0.05, 0) is 41.6 Å². The van der Waals surface area contributed by atoms with E-state index >= 15 is 0 Å². The van der Waals surface area contributed by atoms with E-state index in [2.05, 4.69) is 24.3 Å². The van der Waals surface area contributed by atoms with Crippen LogP contribution in [0.5, 0.6) is 0 Å². The molecule has 0 N–H and O–H groups in total. The average Bonchev–Trinajstić information content (AvgIpc) is 3.16. The number of esters is 1. The van der Waals surface area contributed by atoms with Crippen molar-refractivity contribution in [2.75, 3.05) is 6.26 Å². The van der Waals surface area contributed by atoms with Gasteiger partial charge in [0.05, 0.1) is 0 Å². The van der Waals surface area contributed by atoms with Crippen LogP contribution in [0.4, 0.5) is 4.39 Å². The maximum absolute atomic E-state index is 13.3. The highest BCUT2D eigenvalue weighted by atomic mass is 32.2. The Morgan fingerprint density at radius 1 is 1.00 bits per heavy atom. The van der Waals surface area contributed by atoms with Crippen LogP contribution in [0.2, 0.25) is 0 Å². The van der Waals surface area contributed by atoms with Crippen molar-refractivity contribution < 1.29 is 13.9 Å². The number of hydrogen-bond acceptors (Lipinski definition) is 4. The first kappa shape index (κ1) is 15.4.